The van der Waals surface area contributed by atoms with Crippen LogP contribution in [0.15, 0.2) is 0 Å². The van der Waals surface area contributed by atoms with Gasteiger partial charge >= 0.3 is 0 Å². The number of ether oxygens (including phenoxy) is 2. The van der Waals surface area contributed by atoms with Crippen LogP contribution in [-0.4, -0.2) is 35.3 Å². The minimum atomic E-state index is -0.151. The highest BCUT2D eigenvalue weighted by atomic mass is 16.5. The molecular formula is C16H29N3O2. The van der Waals surface area contributed by atoms with Crippen molar-refractivity contribution in [3.63, 3.8) is 0 Å². The lowest BCUT2D eigenvalue weighted by molar-refractivity contribution is -0.0169. The van der Waals surface area contributed by atoms with E-state index in [-0.39, 0.29) is 11.5 Å². The highest BCUT2D eigenvalue weighted by Crippen LogP contribution is 2.24. The van der Waals surface area contributed by atoms with Crippen LogP contribution in [0.4, 0.5) is 5.82 Å². The molecule has 1 N–H and O–H groups in total. The van der Waals surface area contributed by atoms with Crippen LogP contribution in [-0.2, 0) is 4.74 Å². The number of anilines is 1. The molecule has 0 amide bonds. The molecule has 1 aromatic rings. The standard InChI is InChI=1S/C16H29N3O2/c1-8-17-14-12(4)15(19-13(18-14)11(2)3)20-9-10-21-16(5,6)7/h11H,8-10H2,1-7H3,(H,17,18,19). The molecule has 0 aromatic carbocycles. The van der Waals surface area contributed by atoms with Crippen LogP contribution in [0.3, 0.4) is 0 Å². The molecule has 120 valence electrons. The van der Waals surface area contributed by atoms with E-state index in [0.717, 1.165) is 23.8 Å². The molecule has 1 aromatic heterocycles. The van der Waals surface area contributed by atoms with Gasteiger partial charge in [-0.05, 0) is 34.6 Å². The molecule has 0 unspecified atom stereocenters. The van der Waals surface area contributed by atoms with E-state index in [0.29, 0.717) is 19.1 Å². The summed E-state index contributed by atoms with van der Waals surface area (Å²) < 4.78 is 11.5. The maximum absolute atomic E-state index is 5.79. The summed E-state index contributed by atoms with van der Waals surface area (Å²) >= 11 is 0. The molecule has 1 rings (SSSR count). The minimum Gasteiger partial charge on any atom is -0.475 e. The van der Waals surface area contributed by atoms with E-state index < -0.39 is 0 Å². The monoisotopic (exact) mass is 295 g/mol. The van der Waals surface area contributed by atoms with Crippen molar-refractivity contribution in [1.29, 1.82) is 0 Å². The molecule has 1 heterocycles. The summed E-state index contributed by atoms with van der Waals surface area (Å²) in [5, 5.41) is 3.26. The van der Waals surface area contributed by atoms with Crippen LogP contribution in [0.2, 0.25) is 0 Å². The quantitative estimate of drug-likeness (QED) is 0.780. The van der Waals surface area contributed by atoms with Crippen molar-refractivity contribution in [1.82, 2.24) is 9.97 Å². The van der Waals surface area contributed by atoms with Gasteiger partial charge in [-0.25, -0.2) is 4.98 Å². The number of rotatable bonds is 7. The molecule has 5 heteroatoms. The average molecular weight is 295 g/mol. The van der Waals surface area contributed by atoms with E-state index >= 15 is 0 Å². The third-order valence-electron chi connectivity index (χ3n) is 2.84. The Balaban J connectivity index is 2.80. The minimum absolute atomic E-state index is 0.151. The zero-order valence-electron chi connectivity index (χ0n) is 14.4. The highest BCUT2D eigenvalue weighted by Gasteiger charge is 2.14. The Kier molecular flexibility index (Phi) is 6.40. The number of hydrogen-bond donors (Lipinski definition) is 1. The zero-order valence-corrected chi connectivity index (χ0v) is 14.4. The molecule has 5 nitrogen and oxygen atoms in total. The van der Waals surface area contributed by atoms with Gasteiger partial charge in [0.1, 0.15) is 18.2 Å². The molecule has 0 spiro atoms. The second kappa shape index (κ2) is 7.59. The number of nitrogens with one attached hydrogen (secondary N) is 1. The van der Waals surface area contributed by atoms with Gasteiger partial charge in [0.25, 0.3) is 0 Å². The van der Waals surface area contributed by atoms with Crippen LogP contribution in [0, 0.1) is 6.92 Å². The summed E-state index contributed by atoms with van der Waals surface area (Å²) in [6.07, 6.45) is 0. The Morgan fingerprint density at radius 3 is 2.33 bits per heavy atom. The second-order valence-electron chi connectivity index (χ2n) is 6.35. The van der Waals surface area contributed by atoms with Gasteiger partial charge in [-0.3, -0.25) is 0 Å². The maximum atomic E-state index is 5.79. The molecule has 0 atom stereocenters. The first-order valence-corrected chi connectivity index (χ1v) is 7.63. The molecular weight excluding hydrogens is 266 g/mol. The SMILES string of the molecule is CCNc1nc(C(C)C)nc(OCCOC(C)(C)C)c1C. The predicted octanol–water partition coefficient (Wildman–Crippen LogP) is 3.53. The molecule has 0 saturated carbocycles. The van der Waals surface area contributed by atoms with E-state index in [1.54, 1.807) is 0 Å². The first-order chi connectivity index (χ1) is 9.74. The van der Waals surface area contributed by atoms with Crippen molar-refractivity contribution in [2.75, 3.05) is 25.1 Å². The van der Waals surface area contributed by atoms with Gasteiger partial charge in [0.2, 0.25) is 5.88 Å². The molecule has 0 aliphatic heterocycles. The molecule has 0 radical (unpaired) electrons. The van der Waals surface area contributed by atoms with E-state index in [1.807, 2.05) is 34.6 Å². The number of aromatic nitrogens is 2. The third kappa shape index (κ3) is 5.87. The first-order valence-electron chi connectivity index (χ1n) is 7.63. The Hall–Kier alpha value is -1.36. The van der Waals surface area contributed by atoms with Gasteiger partial charge < -0.3 is 14.8 Å². The summed E-state index contributed by atoms with van der Waals surface area (Å²) in [6, 6.07) is 0. The van der Waals surface area contributed by atoms with Gasteiger partial charge in [0.15, 0.2) is 0 Å². The summed E-state index contributed by atoms with van der Waals surface area (Å²) in [4.78, 5) is 9.08. The van der Waals surface area contributed by atoms with Crippen molar-refractivity contribution in [2.24, 2.45) is 0 Å². The molecule has 0 aliphatic carbocycles. The summed E-state index contributed by atoms with van der Waals surface area (Å²) in [6.45, 7) is 16.1. The smallest absolute Gasteiger partial charge is 0.221 e. The molecule has 21 heavy (non-hydrogen) atoms. The topological polar surface area (TPSA) is 56.3 Å². The zero-order chi connectivity index (χ0) is 16.0. The second-order valence-corrected chi connectivity index (χ2v) is 6.35. The summed E-state index contributed by atoms with van der Waals surface area (Å²) in [5.41, 5.74) is 0.791. The molecule has 0 bridgehead atoms. The van der Waals surface area contributed by atoms with Crippen molar-refractivity contribution in [2.45, 2.75) is 60.0 Å². The van der Waals surface area contributed by atoms with Gasteiger partial charge in [-0.1, -0.05) is 13.8 Å². The van der Waals surface area contributed by atoms with Crippen molar-refractivity contribution in [3.05, 3.63) is 11.4 Å². The van der Waals surface area contributed by atoms with Gasteiger partial charge in [-0.15, -0.1) is 0 Å². The lowest BCUT2D eigenvalue weighted by atomic mass is 10.2. The van der Waals surface area contributed by atoms with E-state index in [2.05, 4.69) is 29.1 Å². The fourth-order valence-corrected chi connectivity index (χ4v) is 1.74. The average Bonchev–Trinajstić information content (AvgIpc) is 2.37. The normalized spacial score (nSPS) is 11.8. The molecule has 0 saturated heterocycles. The Labute approximate surface area is 128 Å². The fourth-order valence-electron chi connectivity index (χ4n) is 1.74. The largest absolute Gasteiger partial charge is 0.475 e. The first kappa shape index (κ1) is 17.7. The number of nitrogens with zero attached hydrogens (tertiary/aromatic N) is 2. The van der Waals surface area contributed by atoms with Crippen LogP contribution in [0.25, 0.3) is 0 Å². The summed E-state index contributed by atoms with van der Waals surface area (Å²) in [5.74, 6) is 2.55. The Bertz CT molecular complexity index is 454. The van der Waals surface area contributed by atoms with Crippen LogP contribution < -0.4 is 10.1 Å². The van der Waals surface area contributed by atoms with Crippen LogP contribution in [0.5, 0.6) is 5.88 Å². The predicted molar refractivity (Wildman–Crippen MR) is 86.2 cm³/mol. The van der Waals surface area contributed by atoms with Crippen molar-refractivity contribution < 1.29 is 9.47 Å². The fraction of sp³-hybridized carbons (Fsp3) is 0.750. The Morgan fingerprint density at radius 2 is 1.81 bits per heavy atom. The van der Waals surface area contributed by atoms with Crippen LogP contribution >= 0.6 is 0 Å². The highest BCUT2D eigenvalue weighted by molar-refractivity contribution is 5.48. The van der Waals surface area contributed by atoms with Crippen LogP contribution in [0.1, 0.15) is 58.8 Å². The number of hydrogen-bond acceptors (Lipinski definition) is 5. The Morgan fingerprint density at radius 1 is 1.14 bits per heavy atom. The molecule has 0 fully saturated rings. The van der Waals surface area contributed by atoms with Gasteiger partial charge in [-0.2, -0.15) is 4.98 Å². The van der Waals surface area contributed by atoms with E-state index in [4.69, 9.17) is 9.47 Å². The maximum Gasteiger partial charge on any atom is 0.221 e. The van der Waals surface area contributed by atoms with Crippen molar-refractivity contribution in [3.8, 4) is 5.88 Å². The third-order valence-corrected chi connectivity index (χ3v) is 2.84. The van der Waals surface area contributed by atoms with E-state index in [1.165, 1.54) is 0 Å². The lowest BCUT2D eigenvalue weighted by Crippen LogP contribution is -2.23. The van der Waals surface area contributed by atoms with Gasteiger partial charge in [0, 0.05) is 12.5 Å². The van der Waals surface area contributed by atoms with Gasteiger partial charge in [0.05, 0.1) is 17.8 Å². The van der Waals surface area contributed by atoms with E-state index in [9.17, 15) is 0 Å². The summed E-state index contributed by atoms with van der Waals surface area (Å²) in [7, 11) is 0. The lowest BCUT2D eigenvalue weighted by Gasteiger charge is -2.20. The molecule has 0 aliphatic rings. The van der Waals surface area contributed by atoms with Crippen molar-refractivity contribution >= 4 is 5.82 Å².